The first-order valence-electron chi connectivity index (χ1n) is 3.07. The van der Waals surface area contributed by atoms with Crippen LogP contribution in [0.5, 0.6) is 0 Å². The summed E-state index contributed by atoms with van der Waals surface area (Å²) in [5.41, 5.74) is -0.195. The van der Waals surface area contributed by atoms with E-state index in [1.807, 2.05) is 0 Å². The van der Waals surface area contributed by atoms with Crippen molar-refractivity contribution in [2.75, 3.05) is 0 Å². The van der Waals surface area contributed by atoms with Gasteiger partial charge in [-0.15, -0.1) is 0 Å². The number of pyridine rings is 1. The second kappa shape index (κ2) is 3.47. The van der Waals surface area contributed by atoms with Crippen LogP contribution in [0.1, 0.15) is 10.4 Å². The van der Waals surface area contributed by atoms with Gasteiger partial charge in [-0.1, -0.05) is 0 Å². The van der Waals surface area contributed by atoms with Gasteiger partial charge in [0.05, 0.1) is 5.56 Å². The van der Waals surface area contributed by atoms with Gasteiger partial charge in [-0.3, -0.25) is 9.59 Å². The number of hydrogen-bond donors (Lipinski definition) is 1. The molecule has 0 aliphatic heterocycles. The van der Waals surface area contributed by atoms with Crippen molar-refractivity contribution in [2.24, 2.45) is 0 Å². The number of esters is 1. The van der Waals surface area contributed by atoms with E-state index in [4.69, 9.17) is 0 Å². The zero-order valence-electron chi connectivity index (χ0n) is 5.94. The maximum Gasteiger partial charge on any atom is 0.347 e. The van der Waals surface area contributed by atoms with Crippen LogP contribution in [0.25, 0.3) is 0 Å². The number of aromatic amines is 1. The lowest BCUT2D eigenvalue weighted by atomic mass is 10.3. The van der Waals surface area contributed by atoms with Crippen LogP contribution in [0.2, 0.25) is 0 Å². The fourth-order valence-corrected chi connectivity index (χ4v) is 0.649. The Bertz CT molecular complexity index is 334. The van der Waals surface area contributed by atoms with Crippen molar-refractivity contribution in [1.29, 1.82) is 0 Å². The number of rotatable bonds is 2. The third-order valence-electron chi connectivity index (χ3n) is 1.18. The summed E-state index contributed by atoms with van der Waals surface area (Å²) in [5.74, 6) is -0.791. The van der Waals surface area contributed by atoms with E-state index >= 15 is 0 Å². The molecule has 0 saturated carbocycles. The molecule has 1 aromatic heterocycles. The minimum Gasteiger partial charge on any atom is -0.392 e. The lowest BCUT2D eigenvalue weighted by Crippen LogP contribution is -2.08. The van der Waals surface area contributed by atoms with Crippen molar-refractivity contribution in [3.05, 3.63) is 34.2 Å². The van der Waals surface area contributed by atoms with E-state index in [0.717, 1.165) is 0 Å². The first-order chi connectivity index (χ1) is 5.74. The van der Waals surface area contributed by atoms with Gasteiger partial charge >= 0.3 is 12.4 Å². The molecule has 0 atom stereocenters. The molecular weight excluding hydrogens is 162 g/mol. The van der Waals surface area contributed by atoms with E-state index in [2.05, 4.69) is 9.72 Å². The second-order valence-electron chi connectivity index (χ2n) is 1.94. The molecule has 0 radical (unpaired) electrons. The summed E-state index contributed by atoms with van der Waals surface area (Å²) in [6.07, 6.45) is 1.17. The topological polar surface area (TPSA) is 76.2 Å². The van der Waals surface area contributed by atoms with Gasteiger partial charge in [0.1, 0.15) is 0 Å². The Morgan fingerprint density at radius 3 is 2.75 bits per heavy atom. The van der Waals surface area contributed by atoms with Crippen molar-refractivity contribution >= 4 is 12.4 Å². The van der Waals surface area contributed by atoms with Crippen molar-refractivity contribution in [3.8, 4) is 0 Å². The fourth-order valence-electron chi connectivity index (χ4n) is 0.649. The highest BCUT2D eigenvalue weighted by Gasteiger charge is 2.04. The second-order valence-corrected chi connectivity index (χ2v) is 1.94. The van der Waals surface area contributed by atoms with Gasteiger partial charge < -0.3 is 9.72 Å². The average Bonchev–Trinajstić information content (AvgIpc) is 2.06. The largest absolute Gasteiger partial charge is 0.392 e. The van der Waals surface area contributed by atoms with E-state index in [1.165, 1.54) is 18.3 Å². The third kappa shape index (κ3) is 1.79. The Morgan fingerprint density at radius 1 is 1.50 bits per heavy atom. The lowest BCUT2D eigenvalue weighted by molar-refractivity contribution is -0.123. The summed E-state index contributed by atoms with van der Waals surface area (Å²) in [6, 6.07) is 2.44. The van der Waals surface area contributed by atoms with E-state index in [0.29, 0.717) is 0 Å². The normalized spacial score (nSPS) is 9.00. The number of ether oxygens (including phenoxy) is 1. The number of carbonyl (C=O) groups is 2. The molecule has 1 heterocycles. The molecule has 0 spiro atoms. The molecule has 0 aliphatic rings. The van der Waals surface area contributed by atoms with Crippen molar-refractivity contribution in [3.63, 3.8) is 0 Å². The van der Waals surface area contributed by atoms with E-state index < -0.39 is 5.97 Å². The van der Waals surface area contributed by atoms with Gasteiger partial charge in [0.25, 0.3) is 0 Å². The summed E-state index contributed by atoms with van der Waals surface area (Å²) in [7, 11) is 0. The molecule has 0 saturated heterocycles. The summed E-state index contributed by atoms with van der Waals surface area (Å²) in [5, 5.41) is 0. The zero-order chi connectivity index (χ0) is 8.97. The van der Waals surface area contributed by atoms with Crippen LogP contribution < -0.4 is 5.56 Å². The lowest BCUT2D eigenvalue weighted by Gasteiger charge is -1.94. The minimum absolute atomic E-state index is 0.0352. The van der Waals surface area contributed by atoms with Crippen molar-refractivity contribution in [2.45, 2.75) is 0 Å². The molecule has 5 nitrogen and oxygen atoms in total. The third-order valence-corrected chi connectivity index (χ3v) is 1.18. The van der Waals surface area contributed by atoms with E-state index in [9.17, 15) is 14.4 Å². The Labute approximate surface area is 67.0 Å². The fraction of sp³-hybridized carbons (Fsp3) is 0. The molecule has 0 aliphatic carbocycles. The molecule has 0 amide bonds. The Morgan fingerprint density at radius 2 is 2.25 bits per heavy atom. The molecule has 1 aromatic rings. The highest BCUT2D eigenvalue weighted by molar-refractivity contribution is 5.92. The number of carbonyl (C=O) groups excluding carboxylic acids is 2. The highest BCUT2D eigenvalue weighted by Crippen LogP contribution is 1.94. The molecule has 1 rings (SSSR count). The summed E-state index contributed by atoms with van der Waals surface area (Å²) in [6.45, 7) is 0.0352. The summed E-state index contributed by atoms with van der Waals surface area (Å²) in [4.78, 5) is 33.3. The minimum atomic E-state index is -0.791. The predicted molar refractivity (Wildman–Crippen MR) is 38.5 cm³/mol. The molecule has 0 bridgehead atoms. The van der Waals surface area contributed by atoms with Gasteiger partial charge in [0.15, 0.2) is 0 Å². The van der Waals surface area contributed by atoms with Crippen LogP contribution in [0.3, 0.4) is 0 Å². The van der Waals surface area contributed by atoms with Crippen LogP contribution in [0.15, 0.2) is 23.1 Å². The number of aromatic nitrogens is 1. The standard InChI is InChI=1S/C7H5NO4/c9-4-12-7(11)5-1-2-6(10)8-3-5/h1-4H,(H,8,10). The average molecular weight is 167 g/mol. The SMILES string of the molecule is O=COC(=O)c1ccc(=O)[nH]c1. The van der Waals surface area contributed by atoms with Crippen LogP contribution in [0, 0.1) is 0 Å². The van der Waals surface area contributed by atoms with Crippen LogP contribution in [0.4, 0.5) is 0 Å². The highest BCUT2D eigenvalue weighted by atomic mass is 16.6. The first-order valence-corrected chi connectivity index (χ1v) is 3.07. The number of H-pyrrole nitrogens is 1. The van der Waals surface area contributed by atoms with Gasteiger partial charge in [0.2, 0.25) is 5.56 Å². The summed E-state index contributed by atoms with van der Waals surface area (Å²) < 4.78 is 4.03. The Hall–Kier alpha value is -1.91. The molecular formula is C7H5NO4. The molecule has 1 N–H and O–H groups in total. The quantitative estimate of drug-likeness (QED) is 0.372. The molecule has 5 heteroatoms. The van der Waals surface area contributed by atoms with E-state index in [-0.39, 0.29) is 17.6 Å². The van der Waals surface area contributed by atoms with Crippen LogP contribution in [-0.4, -0.2) is 17.4 Å². The Kier molecular flexibility index (Phi) is 2.37. The first kappa shape index (κ1) is 8.19. The van der Waals surface area contributed by atoms with Crippen molar-refractivity contribution in [1.82, 2.24) is 4.98 Å². The van der Waals surface area contributed by atoms with Crippen LogP contribution >= 0.6 is 0 Å². The monoisotopic (exact) mass is 167 g/mol. The predicted octanol–water partition coefficient (Wildman–Crippen LogP) is -0.312. The van der Waals surface area contributed by atoms with Gasteiger partial charge in [-0.05, 0) is 6.07 Å². The Balaban J connectivity index is 2.89. The van der Waals surface area contributed by atoms with E-state index in [1.54, 1.807) is 0 Å². The molecule has 0 aromatic carbocycles. The van der Waals surface area contributed by atoms with Crippen molar-refractivity contribution < 1.29 is 14.3 Å². The maximum absolute atomic E-state index is 10.8. The molecule has 0 unspecified atom stereocenters. The maximum atomic E-state index is 10.8. The van der Waals surface area contributed by atoms with Gasteiger partial charge in [0, 0.05) is 12.3 Å². The van der Waals surface area contributed by atoms with Crippen LogP contribution in [-0.2, 0) is 9.53 Å². The zero-order valence-corrected chi connectivity index (χ0v) is 5.94. The summed E-state index contributed by atoms with van der Waals surface area (Å²) >= 11 is 0. The van der Waals surface area contributed by atoms with Gasteiger partial charge in [-0.2, -0.15) is 0 Å². The molecule has 0 fully saturated rings. The smallest absolute Gasteiger partial charge is 0.347 e. The number of hydrogen-bond acceptors (Lipinski definition) is 4. The van der Waals surface area contributed by atoms with Gasteiger partial charge in [-0.25, -0.2) is 4.79 Å². The molecule has 62 valence electrons. The number of nitrogens with one attached hydrogen (secondary N) is 1. The molecule has 12 heavy (non-hydrogen) atoms.